The molecule has 2 fully saturated rings. The fourth-order valence-electron chi connectivity index (χ4n) is 2.81. The second-order valence-electron chi connectivity index (χ2n) is 5.03. The first-order chi connectivity index (χ1) is 7.84. The smallest absolute Gasteiger partial charge is 0.0794 e. The highest BCUT2D eigenvalue weighted by Gasteiger charge is 2.50. The van der Waals surface area contributed by atoms with Crippen molar-refractivity contribution in [2.24, 2.45) is 11.3 Å². The van der Waals surface area contributed by atoms with E-state index in [1.165, 1.54) is 25.0 Å². The average Bonchev–Trinajstić information content (AvgIpc) is 2.86. The van der Waals surface area contributed by atoms with Crippen LogP contribution in [0.25, 0.3) is 0 Å². The Kier molecular flexibility index (Phi) is 3.07. The van der Waals surface area contributed by atoms with Gasteiger partial charge in [0.05, 0.1) is 17.3 Å². The van der Waals surface area contributed by atoms with Crippen molar-refractivity contribution >= 4 is 27.3 Å². The van der Waals surface area contributed by atoms with E-state index in [-0.39, 0.29) is 0 Å². The maximum Gasteiger partial charge on any atom is 0.0794 e. The van der Waals surface area contributed by atoms with Crippen molar-refractivity contribution in [3.8, 4) is 0 Å². The van der Waals surface area contributed by atoms with E-state index in [9.17, 15) is 0 Å². The number of thiazole rings is 1. The zero-order valence-corrected chi connectivity index (χ0v) is 11.6. The van der Waals surface area contributed by atoms with Gasteiger partial charge in [-0.3, -0.25) is 0 Å². The quantitative estimate of drug-likeness (QED) is 0.796. The molecule has 0 spiro atoms. The summed E-state index contributed by atoms with van der Waals surface area (Å²) in [6, 6.07) is 0. The number of nitrogens with zero attached hydrogens (tertiary/aromatic N) is 1. The van der Waals surface area contributed by atoms with Crippen LogP contribution in [-0.2, 0) is 11.2 Å². The zero-order chi connectivity index (χ0) is 11.0. The predicted octanol–water partition coefficient (Wildman–Crippen LogP) is 3.27. The Hall–Kier alpha value is 0.0700. The Morgan fingerprint density at radius 3 is 3.06 bits per heavy atom. The minimum Gasteiger partial charge on any atom is -0.377 e. The van der Waals surface area contributed by atoms with E-state index in [4.69, 9.17) is 4.74 Å². The third kappa shape index (κ3) is 1.95. The molecule has 4 heteroatoms. The molecule has 1 saturated carbocycles. The Morgan fingerprint density at radius 1 is 1.56 bits per heavy atom. The lowest BCUT2D eigenvalue weighted by atomic mass is 9.77. The number of aromatic nitrogens is 1. The Bertz CT molecular complexity index is 352. The number of alkyl halides is 1. The summed E-state index contributed by atoms with van der Waals surface area (Å²) in [5.41, 5.74) is 3.47. The lowest BCUT2D eigenvalue weighted by Gasteiger charge is -2.32. The summed E-state index contributed by atoms with van der Waals surface area (Å²) in [7, 11) is 0. The largest absolute Gasteiger partial charge is 0.377 e. The van der Waals surface area contributed by atoms with E-state index < -0.39 is 0 Å². The van der Waals surface area contributed by atoms with Crippen molar-refractivity contribution in [2.45, 2.75) is 31.8 Å². The van der Waals surface area contributed by atoms with Gasteiger partial charge < -0.3 is 4.74 Å². The summed E-state index contributed by atoms with van der Waals surface area (Å²) in [6.07, 6.45) is 5.43. The van der Waals surface area contributed by atoms with Crippen molar-refractivity contribution in [1.82, 2.24) is 4.98 Å². The molecule has 2 heterocycles. The minimum absolute atomic E-state index is 0.301. The molecule has 1 aromatic heterocycles. The Balaban J connectivity index is 1.80. The highest BCUT2D eigenvalue weighted by molar-refractivity contribution is 9.09. The SMILES string of the molecule is BrCC1(Cc2cscn2)CCOC1C1CC1. The molecule has 2 aliphatic rings. The van der Waals surface area contributed by atoms with Crippen LogP contribution in [-0.4, -0.2) is 23.0 Å². The normalized spacial score (nSPS) is 34.4. The summed E-state index contributed by atoms with van der Waals surface area (Å²) in [5, 5.41) is 3.21. The maximum absolute atomic E-state index is 5.98. The van der Waals surface area contributed by atoms with Gasteiger partial charge in [0.2, 0.25) is 0 Å². The summed E-state index contributed by atoms with van der Waals surface area (Å²) >= 11 is 5.40. The van der Waals surface area contributed by atoms with Gasteiger partial charge in [0.1, 0.15) is 0 Å². The molecule has 2 unspecified atom stereocenters. The van der Waals surface area contributed by atoms with E-state index in [0.29, 0.717) is 11.5 Å². The van der Waals surface area contributed by atoms with Gasteiger partial charge in [-0.2, -0.15) is 0 Å². The summed E-state index contributed by atoms with van der Waals surface area (Å²) < 4.78 is 5.98. The van der Waals surface area contributed by atoms with Crippen LogP contribution in [0.15, 0.2) is 10.9 Å². The van der Waals surface area contributed by atoms with Crippen LogP contribution in [0, 0.1) is 11.3 Å². The van der Waals surface area contributed by atoms with Crippen LogP contribution in [0.4, 0.5) is 0 Å². The number of hydrogen-bond acceptors (Lipinski definition) is 3. The first kappa shape index (κ1) is 11.2. The molecular weight excluding hydrogens is 286 g/mol. The first-order valence-corrected chi connectivity index (χ1v) is 7.95. The van der Waals surface area contributed by atoms with Gasteiger partial charge in [0.25, 0.3) is 0 Å². The van der Waals surface area contributed by atoms with Gasteiger partial charge in [0, 0.05) is 22.7 Å². The lowest BCUT2D eigenvalue weighted by molar-refractivity contribution is 0.0410. The minimum atomic E-state index is 0.301. The molecule has 1 aliphatic carbocycles. The van der Waals surface area contributed by atoms with E-state index in [1.54, 1.807) is 11.3 Å². The number of rotatable bonds is 4. The van der Waals surface area contributed by atoms with Gasteiger partial charge in [-0.15, -0.1) is 11.3 Å². The van der Waals surface area contributed by atoms with Crippen LogP contribution in [0.2, 0.25) is 0 Å². The Morgan fingerprint density at radius 2 is 2.44 bits per heavy atom. The maximum atomic E-state index is 5.98. The molecule has 16 heavy (non-hydrogen) atoms. The molecule has 0 amide bonds. The lowest BCUT2D eigenvalue weighted by Crippen LogP contribution is -2.36. The van der Waals surface area contributed by atoms with Crippen molar-refractivity contribution in [3.63, 3.8) is 0 Å². The zero-order valence-electron chi connectivity index (χ0n) is 9.19. The van der Waals surface area contributed by atoms with Crippen LogP contribution < -0.4 is 0 Å². The molecule has 3 rings (SSSR count). The molecule has 1 saturated heterocycles. The summed E-state index contributed by atoms with van der Waals surface area (Å²) in [4.78, 5) is 4.43. The number of hydrogen-bond donors (Lipinski definition) is 0. The summed E-state index contributed by atoms with van der Waals surface area (Å²) in [6.45, 7) is 0.927. The van der Waals surface area contributed by atoms with Gasteiger partial charge >= 0.3 is 0 Å². The van der Waals surface area contributed by atoms with Crippen LogP contribution >= 0.6 is 27.3 Å². The van der Waals surface area contributed by atoms with Gasteiger partial charge in [-0.1, -0.05) is 15.9 Å². The fraction of sp³-hybridized carbons (Fsp3) is 0.750. The number of ether oxygens (including phenoxy) is 1. The van der Waals surface area contributed by atoms with Crippen molar-refractivity contribution in [2.75, 3.05) is 11.9 Å². The van der Waals surface area contributed by atoms with Crippen LogP contribution in [0.1, 0.15) is 25.0 Å². The van der Waals surface area contributed by atoms with Crippen LogP contribution in [0.5, 0.6) is 0 Å². The molecule has 0 bridgehead atoms. The van der Waals surface area contributed by atoms with Gasteiger partial charge in [-0.05, 0) is 31.6 Å². The highest BCUT2D eigenvalue weighted by Crippen LogP contribution is 2.50. The molecule has 88 valence electrons. The summed E-state index contributed by atoms with van der Waals surface area (Å²) in [5.74, 6) is 0.818. The molecule has 1 aliphatic heterocycles. The van der Waals surface area contributed by atoms with Crippen molar-refractivity contribution in [3.05, 3.63) is 16.6 Å². The molecule has 2 atom stereocenters. The van der Waals surface area contributed by atoms with E-state index >= 15 is 0 Å². The predicted molar refractivity (Wildman–Crippen MR) is 69.1 cm³/mol. The van der Waals surface area contributed by atoms with E-state index in [2.05, 4.69) is 26.3 Å². The van der Waals surface area contributed by atoms with Gasteiger partial charge in [-0.25, -0.2) is 4.98 Å². The molecular formula is C12H16BrNOS. The van der Waals surface area contributed by atoms with Gasteiger partial charge in [0.15, 0.2) is 0 Å². The van der Waals surface area contributed by atoms with Crippen molar-refractivity contribution in [1.29, 1.82) is 0 Å². The van der Waals surface area contributed by atoms with E-state index in [0.717, 1.165) is 24.3 Å². The monoisotopic (exact) mass is 301 g/mol. The third-order valence-electron chi connectivity index (χ3n) is 3.83. The third-order valence-corrected chi connectivity index (χ3v) is 5.59. The highest BCUT2D eigenvalue weighted by atomic mass is 79.9. The molecule has 0 radical (unpaired) electrons. The molecule has 1 aromatic rings. The molecule has 0 aromatic carbocycles. The fourth-order valence-corrected chi connectivity index (χ4v) is 4.16. The van der Waals surface area contributed by atoms with E-state index in [1.807, 2.05) is 5.51 Å². The van der Waals surface area contributed by atoms with Crippen molar-refractivity contribution < 1.29 is 4.74 Å². The number of halogens is 1. The first-order valence-electron chi connectivity index (χ1n) is 5.89. The standard InChI is InChI=1S/C12H16BrNOS/c13-7-12(5-10-6-16-8-14-10)3-4-15-11(12)9-1-2-9/h6,8-9,11H,1-5,7H2. The average molecular weight is 302 g/mol. The Labute approximate surface area is 109 Å². The second kappa shape index (κ2) is 4.39. The second-order valence-corrected chi connectivity index (χ2v) is 6.31. The molecule has 2 nitrogen and oxygen atoms in total. The molecule has 0 N–H and O–H groups in total. The topological polar surface area (TPSA) is 22.1 Å². The van der Waals surface area contributed by atoms with Crippen LogP contribution in [0.3, 0.4) is 0 Å².